The zero-order valence-corrected chi connectivity index (χ0v) is 13.5. The number of esters is 1. The monoisotopic (exact) mass is 305 g/mol. The average molecular weight is 305 g/mol. The molecule has 2 fully saturated rings. The minimum atomic E-state index is -0.243. The fraction of sp³-hybridized carbons (Fsp3) is 0.688. The third-order valence-corrected chi connectivity index (χ3v) is 4.64. The van der Waals surface area contributed by atoms with Crippen molar-refractivity contribution in [3.05, 3.63) is 11.4 Å². The van der Waals surface area contributed by atoms with Gasteiger partial charge in [-0.2, -0.15) is 5.10 Å². The third kappa shape index (κ3) is 2.87. The number of rotatable bonds is 3. The highest BCUT2D eigenvalue weighted by Crippen LogP contribution is 2.33. The molecule has 2 heterocycles. The van der Waals surface area contributed by atoms with E-state index in [1.165, 1.54) is 0 Å². The van der Waals surface area contributed by atoms with E-state index < -0.39 is 0 Å². The number of hydrogen-bond donors (Lipinski definition) is 0. The molecule has 6 heteroatoms. The largest absolute Gasteiger partial charge is 0.422 e. The number of hydrogen-bond acceptors (Lipinski definition) is 4. The summed E-state index contributed by atoms with van der Waals surface area (Å²) in [6, 6.07) is 0. The van der Waals surface area contributed by atoms with Crippen LogP contribution in [0, 0.1) is 25.7 Å². The van der Waals surface area contributed by atoms with Crippen molar-refractivity contribution in [1.82, 2.24) is 14.7 Å². The first-order valence-electron chi connectivity index (χ1n) is 7.98. The molecule has 1 aliphatic heterocycles. The van der Waals surface area contributed by atoms with Crippen LogP contribution in [0.15, 0.2) is 0 Å². The standard InChI is InChI=1S/C16H23N3O3/c1-10-14(11(2)18(3)17-10)22-16(21)13-5-4-8-19(9-13)15(20)12-6-7-12/h12-13H,4-9H2,1-3H3/t13-/m0/s1. The smallest absolute Gasteiger partial charge is 0.316 e. The van der Waals surface area contributed by atoms with Gasteiger partial charge in [0.1, 0.15) is 5.69 Å². The second-order valence-corrected chi connectivity index (χ2v) is 6.44. The molecule has 0 spiro atoms. The Balaban J connectivity index is 1.65. The molecule has 1 atom stereocenters. The van der Waals surface area contributed by atoms with Gasteiger partial charge in [-0.15, -0.1) is 0 Å². The first kappa shape index (κ1) is 15.1. The van der Waals surface area contributed by atoms with Crippen molar-refractivity contribution in [3.63, 3.8) is 0 Å². The van der Waals surface area contributed by atoms with E-state index >= 15 is 0 Å². The predicted molar refractivity (Wildman–Crippen MR) is 80.3 cm³/mol. The van der Waals surface area contributed by atoms with Gasteiger partial charge in [-0.3, -0.25) is 14.3 Å². The summed E-state index contributed by atoms with van der Waals surface area (Å²) in [5.74, 6) is 0.505. The maximum Gasteiger partial charge on any atom is 0.316 e. The maximum atomic E-state index is 12.4. The van der Waals surface area contributed by atoms with Crippen molar-refractivity contribution in [3.8, 4) is 5.75 Å². The highest BCUT2D eigenvalue weighted by Gasteiger charge is 2.37. The van der Waals surface area contributed by atoms with E-state index in [1.807, 2.05) is 25.8 Å². The summed E-state index contributed by atoms with van der Waals surface area (Å²) in [5.41, 5.74) is 1.56. The maximum absolute atomic E-state index is 12.4. The summed E-state index contributed by atoms with van der Waals surface area (Å²) in [7, 11) is 1.83. The lowest BCUT2D eigenvalue weighted by Gasteiger charge is -2.31. The van der Waals surface area contributed by atoms with Crippen molar-refractivity contribution in [2.75, 3.05) is 13.1 Å². The van der Waals surface area contributed by atoms with Gasteiger partial charge < -0.3 is 9.64 Å². The van der Waals surface area contributed by atoms with Crippen LogP contribution < -0.4 is 4.74 Å². The van der Waals surface area contributed by atoms with Gasteiger partial charge in [-0.1, -0.05) is 0 Å². The van der Waals surface area contributed by atoms with Crippen LogP contribution in [0.4, 0.5) is 0 Å². The number of nitrogens with zero attached hydrogens (tertiary/aromatic N) is 3. The predicted octanol–water partition coefficient (Wildman–Crippen LogP) is 1.59. The van der Waals surface area contributed by atoms with Gasteiger partial charge in [0.2, 0.25) is 5.91 Å². The third-order valence-electron chi connectivity index (χ3n) is 4.64. The fourth-order valence-corrected chi connectivity index (χ4v) is 3.04. The van der Waals surface area contributed by atoms with Gasteiger partial charge in [0.15, 0.2) is 5.75 Å². The van der Waals surface area contributed by atoms with E-state index in [0.717, 1.165) is 43.6 Å². The molecular formula is C16H23N3O3. The summed E-state index contributed by atoms with van der Waals surface area (Å²) in [4.78, 5) is 26.4. The Hall–Kier alpha value is -1.85. The molecule has 1 saturated carbocycles. The van der Waals surface area contributed by atoms with E-state index in [9.17, 15) is 9.59 Å². The molecule has 120 valence electrons. The lowest BCUT2D eigenvalue weighted by molar-refractivity contribution is -0.143. The summed E-state index contributed by atoms with van der Waals surface area (Å²) in [5, 5.41) is 4.26. The van der Waals surface area contributed by atoms with Crippen LogP contribution in [-0.4, -0.2) is 39.6 Å². The zero-order chi connectivity index (χ0) is 15.9. The second kappa shape index (κ2) is 5.74. The van der Waals surface area contributed by atoms with Crippen molar-refractivity contribution in [2.45, 2.75) is 39.5 Å². The number of aromatic nitrogens is 2. The van der Waals surface area contributed by atoms with Crippen molar-refractivity contribution >= 4 is 11.9 Å². The topological polar surface area (TPSA) is 64.4 Å². The van der Waals surface area contributed by atoms with Crippen LogP contribution >= 0.6 is 0 Å². The van der Waals surface area contributed by atoms with Crippen LogP contribution in [0.5, 0.6) is 5.75 Å². The SMILES string of the molecule is Cc1nn(C)c(C)c1OC(=O)[C@H]1CCCN(C(=O)C2CC2)C1. The molecule has 1 saturated heterocycles. The minimum absolute atomic E-state index is 0.206. The van der Waals surface area contributed by atoms with Gasteiger partial charge in [0.25, 0.3) is 0 Å². The molecule has 0 N–H and O–H groups in total. The quantitative estimate of drug-likeness (QED) is 0.796. The Morgan fingerprint density at radius 2 is 1.91 bits per heavy atom. The summed E-state index contributed by atoms with van der Waals surface area (Å²) < 4.78 is 7.29. The Kier molecular flexibility index (Phi) is 3.93. The Labute approximate surface area is 130 Å². The molecule has 0 bridgehead atoms. The molecule has 0 radical (unpaired) electrons. The highest BCUT2D eigenvalue weighted by molar-refractivity contribution is 5.82. The van der Waals surface area contributed by atoms with Gasteiger partial charge >= 0.3 is 5.97 Å². The number of carbonyl (C=O) groups is 2. The zero-order valence-electron chi connectivity index (χ0n) is 13.5. The van der Waals surface area contributed by atoms with Gasteiger partial charge in [-0.05, 0) is 39.5 Å². The second-order valence-electron chi connectivity index (χ2n) is 6.44. The van der Waals surface area contributed by atoms with Crippen LogP contribution in [0.3, 0.4) is 0 Å². The lowest BCUT2D eigenvalue weighted by atomic mass is 9.98. The van der Waals surface area contributed by atoms with Crippen LogP contribution in [-0.2, 0) is 16.6 Å². The van der Waals surface area contributed by atoms with Crippen molar-refractivity contribution < 1.29 is 14.3 Å². The number of amides is 1. The lowest BCUT2D eigenvalue weighted by Crippen LogP contribution is -2.44. The molecule has 0 unspecified atom stereocenters. The fourth-order valence-electron chi connectivity index (χ4n) is 3.04. The van der Waals surface area contributed by atoms with E-state index in [2.05, 4.69) is 5.10 Å². The van der Waals surface area contributed by atoms with Gasteiger partial charge in [0.05, 0.1) is 11.6 Å². The average Bonchev–Trinajstić information content (AvgIpc) is 3.32. The normalized spacial score (nSPS) is 21.8. The Morgan fingerprint density at radius 1 is 1.18 bits per heavy atom. The summed E-state index contributed by atoms with van der Waals surface area (Å²) in [6.45, 7) is 4.97. The molecule has 2 aliphatic rings. The number of piperidine rings is 1. The number of ether oxygens (including phenoxy) is 1. The number of likely N-dealkylation sites (tertiary alicyclic amines) is 1. The first-order valence-corrected chi connectivity index (χ1v) is 7.98. The Bertz CT molecular complexity index is 604. The first-order chi connectivity index (χ1) is 10.5. The molecule has 22 heavy (non-hydrogen) atoms. The molecule has 3 rings (SSSR count). The van der Waals surface area contributed by atoms with Crippen LogP contribution in [0.2, 0.25) is 0 Å². The molecule has 1 aliphatic carbocycles. The molecule has 1 aromatic rings. The van der Waals surface area contributed by atoms with Crippen LogP contribution in [0.1, 0.15) is 37.1 Å². The van der Waals surface area contributed by atoms with E-state index in [1.54, 1.807) is 4.68 Å². The summed E-state index contributed by atoms with van der Waals surface area (Å²) >= 11 is 0. The van der Waals surface area contributed by atoms with Gasteiger partial charge in [0, 0.05) is 26.1 Å². The Morgan fingerprint density at radius 3 is 2.50 bits per heavy atom. The highest BCUT2D eigenvalue weighted by atomic mass is 16.5. The number of aryl methyl sites for hydroxylation is 2. The van der Waals surface area contributed by atoms with E-state index in [0.29, 0.717) is 12.3 Å². The minimum Gasteiger partial charge on any atom is -0.422 e. The molecule has 6 nitrogen and oxygen atoms in total. The van der Waals surface area contributed by atoms with E-state index in [4.69, 9.17) is 4.74 Å². The van der Waals surface area contributed by atoms with Crippen LogP contribution in [0.25, 0.3) is 0 Å². The molecular weight excluding hydrogens is 282 g/mol. The van der Waals surface area contributed by atoms with Gasteiger partial charge in [-0.25, -0.2) is 0 Å². The summed E-state index contributed by atoms with van der Waals surface area (Å²) in [6.07, 6.45) is 3.64. The van der Waals surface area contributed by atoms with Crippen molar-refractivity contribution in [2.24, 2.45) is 18.9 Å². The molecule has 0 aromatic carbocycles. The number of carbonyl (C=O) groups excluding carboxylic acids is 2. The molecule has 1 aromatic heterocycles. The molecule has 1 amide bonds. The van der Waals surface area contributed by atoms with Crippen molar-refractivity contribution in [1.29, 1.82) is 0 Å². The van der Waals surface area contributed by atoms with E-state index in [-0.39, 0.29) is 23.7 Å².